The first kappa shape index (κ1) is 17.4. The normalized spacial score (nSPS) is 12.3. The first-order chi connectivity index (χ1) is 9.44. The Labute approximate surface area is 127 Å². The van der Waals surface area contributed by atoms with Crippen molar-refractivity contribution in [2.45, 2.75) is 52.6 Å². The highest BCUT2D eigenvalue weighted by atomic mass is 16.3. The molecule has 0 spiro atoms. The zero-order chi connectivity index (χ0) is 16.4. The molecule has 0 unspecified atom stereocenters. The lowest BCUT2D eigenvalue weighted by Crippen LogP contribution is -2.42. The van der Waals surface area contributed by atoms with Crippen molar-refractivity contribution in [1.82, 2.24) is 9.88 Å². The molecule has 1 amide bonds. The summed E-state index contributed by atoms with van der Waals surface area (Å²) in [5.41, 5.74) is 6.01. The largest absolute Gasteiger partial charge is 0.389 e. The molecule has 0 aliphatic rings. The fourth-order valence-corrected chi connectivity index (χ4v) is 2.04. The van der Waals surface area contributed by atoms with Gasteiger partial charge in [-0.05, 0) is 32.9 Å². The third-order valence-corrected chi connectivity index (χ3v) is 3.11. The summed E-state index contributed by atoms with van der Waals surface area (Å²) < 4.78 is 0. The zero-order valence-corrected chi connectivity index (χ0v) is 13.9. The van der Waals surface area contributed by atoms with Gasteiger partial charge in [0.1, 0.15) is 5.82 Å². The van der Waals surface area contributed by atoms with E-state index in [0.29, 0.717) is 17.9 Å². The fourth-order valence-electron chi connectivity index (χ4n) is 2.04. The van der Waals surface area contributed by atoms with Gasteiger partial charge >= 0.3 is 0 Å². The van der Waals surface area contributed by atoms with E-state index in [-0.39, 0.29) is 17.9 Å². The highest BCUT2D eigenvalue weighted by Crippen LogP contribution is 2.23. The lowest BCUT2D eigenvalue weighted by atomic mass is 9.90. The Bertz CT molecular complexity index is 513. The van der Waals surface area contributed by atoms with Crippen molar-refractivity contribution in [2.75, 3.05) is 18.8 Å². The van der Waals surface area contributed by atoms with Crippen LogP contribution in [0.2, 0.25) is 0 Å². The third kappa shape index (κ3) is 5.01. The van der Waals surface area contributed by atoms with Crippen LogP contribution in [-0.4, -0.2) is 39.6 Å². The second-order valence-electron chi connectivity index (χ2n) is 7.05. The lowest BCUT2D eigenvalue weighted by Gasteiger charge is -2.28. The minimum absolute atomic E-state index is 0.140. The molecule has 0 atom stereocenters. The van der Waals surface area contributed by atoms with E-state index in [4.69, 9.17) is 5.73 Å². The Morgan fingerprint density at radius 1 is 1.29 bits per heavy atom. The number of carbonyl (C=O) groups is 1. The smallest absolute Gasteiger partial charge is 0.254 e. The number of aliphatic hydroxyl groups is 1. The number of nitrogens with zero attached hydrogens (tertiary/aromatic N) is 2. The van der Waals surface area contributed by atoms with Gasteiger partial charge in [0.15, 0.2) is 0 Å². The van der Waals surface area contributed by atoms with E-state index in [1.807, 2.05) is 27.7 Å². The Morgan fingerprint density at radius 3 is 2.29 bits per heavy atom. The van der Waals surface area contributed by atoms with Gasteiger partial charge in [-0.25, -0.2) is 4.98 Å². The number of pyridine rings is 1. The number of hydrogen-bond acceptors (Lipinski definition) is 4. The first-order valence-corrected chi connectivity index (χ1v) is 7.24. The standard InChI is InChI=1S/C16H27N3O2/c1-7-19(10-16(5,6)21)14(20)11-8-12(15(2,3)4)18-13(17)9-11/h8-9,21H,7,10H2,1-6H3,(H2,17,18). The molecule has 0 aliphatic heterocycles. The highest BCUT2D eigenvalue weighted by Gasteiger charge is 2.24. The van der Waals surface area contributed by atoms with Crippen LogP contribution in [0.3, 0.4) is 0 Å². The van der Waals surface area contributed by atoms with Crippen molar-refractivity contribution in [3.8, 4) is 0 Å². The minimum Gasteiger partial charge on any atom is -0.389 e. The van der Waals surface area contributed by atoms with Crippen LogP contribution in [0, 0.1) is 0 Å². The van der Waals surface area contributed by atoms with Gasteiger partial charge in [0, 0.05) is 29.8 Å². The molecule has 1 rings (SSSR count). The Kier molecular flexibility index (Phi) is 4.99. The molecule has 1 aromatic heterocycles. The van der Waals surface area contributed by atoms with Gasteiger partial charge in [0.2, 0.25) is 0 Å². The lowest BCUT2D eigenvalue weighted by molar-refractivity contribution is 0.0314. The molecule has 0 radical (unpaired) electrons. The third-order valence-electron chi connectivity index (χ3n) is 3.11. The quantitative estimate of drug-likeness (QED) is 0.892. The molecule has 0 bridgehead atoms. The number of nitrogen functional groups attached to an aromatic ring is 1. The van der Waals surface area contributed by atoms with E-state index in [9.17, 15) is 9.90 Å². The summed E-state index contributed by atoms with van der Waals surface area (Å²) in [5.74, 6) is 0.198. The summed E-state index contributed by atoms with van der Waals surface area (Å²) in [6, 6.07) is 3.37. The number of aromatic nitrogens is 1. The van der Waals surface area contributed by atoms with Gasteiger partial charge in [-0.2, -0.15) is 0 Å². The molecule has 0 fully saturated rings. The van der Waals surface area contributed by atoms with E-state index in [2.05, 4.69) is 4.98 Å². The van der Waals surface area contributed by atoms with Crippen LogP contribution in [0.1, 0.15) is 57.6 Å². The molecular formula is C16H27N3O2. The summed E-state index contributed by atoms with van der Waals surface area (Å²) in [7, 11) is 0. The van der Waals surface area contributed by atoms with Crippen LogP contribution in [-0.2, 0) is 5.41 Å². The molecule has 1 aromatic rings. The number of hydrogen-bond donors (Lipinski definition) is 2. The van der Waals surface area contributed by atoms with Crippen LogP contribution in [0.15, 0.2) is 12.1 Å². The summed E-state index contributed by atoms with van der Waals surface area (Å²) >= 11 is 0. The van der Waals surface area contributed by atoms with Crippen molar-refractivity contribution < 1.29 is 9.90 Å². The number of nitrogens with two attached hydrogens (primary N) is 1. The average molecular weight is 293 g/mol. The predicted octanol–water partition coefficient (Wildman–Crippen LogP) is 2.19. The van der Waals surface area contributed by atoms with Gasteiger partial charge in [-0.3, -0.25) is 4.79 Å². The van der Waals surface area contributed by atoms with Gasteiger partial charge < -0.3 is 15.7 Å². The van der Waals surface area contributed by atoms with Crippen LogP contribution in [0.25, 0.3) is 0 Å². The van der Waals surface area contributed by atoms with Crippen LogP contribution in [0.4, 0.5) is 5.82 Å². The van der Waals surface area contributed by atoms with Crippen LogP contribution >= 0.6 is 0 Å². The second kappa shape index (κ2) is 6.02. The zero-order valence-electron chi connectivity index (χ0n) is 13.9. The number of amides is 1. The Balaban J connectivity index is 3.14. The van der Waals surface area contributed by atoms with Crippen molar-refractivity contribution in [3.05, 3.63) is 23.4 Å². The van der Waals surface area contributed by atoms with Crippen LogP contribution < -0.4 is 5.73 Å². The number of likely N-dealkylation sites (N-methyl/N-ethyl adjacent to an activating group) is 1. The Hall–Kier alpha value is -1.62. The van der Waals surface area contributed by atoms with E-state index >= 15 is 0 Å². The van der Waals surface area contributed by atoms with Gasteiger partial charge in [-0.15, -0.1) is 0 Å². The maximum atomic E-state index is 12.6. The van der Waals surface area contributed by atoms with E-state index < -0.39 is 5.60 Å². The average Bonchev–Trinajstić information content (AvgIpc) is 2.32. The summed E-state index contributed by atoms with van der Waals surface area (Å²) in [6.07, 6.45) is 0. The highest BCUT2D eigenvalue weighted by molar-refractivity contribution is 5.95. The fraction of sp³-hybridized carbons (Fsp3) is 0.625. The molecule has 118 valence electrons. The molecule has 1 heterocycles. The summed E-state index contributed by atoms with van der Waals surface area (Å²) in [5, 5.41) is 9.92. The molecular weight excluding hydrogens is 266 g/mol. The monoisotopic (exact) mass is 293 g/mol. The molecule has 0 aliphatic carbocycles. The number of rotatable bonds is 4. The van der Waals surface area contributed by atoms with Crippen LogP contribution in [0.5, 0.6) is 0 Å². The summed E-state index contributed by atoms with van der Waals surface area (Å²) in [4.78, 5) is 18.5. The maximum Gasteiger partial charge on any atom is 0.254 e. The number of carbonyl (C=O) groups excluding carboxylic acids is 1. The minimum atomic E-state index is -0.933. The maximum absolute atomic E-state index is 12.6. The van der Waals surface area contributed by atoms with Gasteiger partial charge in [-0.1, -0.05) is 20.8 Å². The van der Waals surface area contributed by atoms with Gasteiger partial charge in [0.25, 0.3) is 5.91 Å². The first-order valence-electron chi connectivity index (χ1n) is 7.24. The SMILES string of the molecule is CCN(CC(C)(C)O)C(=O)c1cc(N)nc(C(C)(C)C)c1. The van der Waals surface area contributed by atoms with Crippen molar-refractivity contribution in [3.63, 3.8) is 0 Å². The molecule has 3 N–H and O–H groups in total. The molecule has 0 saturated carbocycles. The van der Waals surface area contributed by atoms with Crippen molar-refractivity contribution >= 4 is 11.7 Å². The van der Waals surface area contributed by atoms with Crippen molar-refractivity contribution in [2.24, 2.45) is 0 Å². The predicted molar refractivity (Wildman–Crippen MR) is 85.2 cm³/mol. The summed E-state index contributed by atoms with van der Waals surface area (Å²) in [6.45, 7) is 12.1. The van der Waals surface area contributed by atoms with Gasteiger partial charge in [0.05, 0.1) is 5.60 Å². The Morgan fingerprint density at radius 2 is 1.86 bits per heavy atom. The van der Waals surface area contributed by atoms with E-state index in [0.717, 1.165) is 5.69 Å². The molecule has 5 heteroatoms. The topological polar surface area (TPSA) is 79.5 Å². The molecule has 0 saturated heterocycles. The second-order valence-corrected chi connectivity index (χ2v) is 7.05. The van der Waals surface area contributed by atoms with Crippen molar-refractivity contribution in [1.29, 1.82) is 0 Å². The van der Waals surface area contributed by atoms with E-state index in [1.165, 1.54) is 0 Å². The number of anilines is 1. The van der Waals surface area contributed by atoms with E-state index in [1.54, 1.807) is 30.9 Å². The molecule has 21 heavy (non-hydrogen) atoms. The molecule has 0 aromatic carbocycles. The molecule has 5 nitrogen and oxygen atoms in total.